The number of aryl methyl sites for hydroxylation is 2. The smallest absolute Gasteiger partial charge is 0.337 e. The molecule has 0 radical (unpaired) electrons. The Hall–Kier alpha value is -4.71. The molecule has 0 fully saturated rings. The Morgan fingerprint density at radius 2 is 1.59 bits per heavy atom. The van der Waals surface area contributed by atoms with Gasteiger partial charge < -0.3 is 9.30 Å². The van der Waals surface area contributed by atoms with E-state index in [0.29, 0.717) is 11.5 Å². The van der Waals surface area contributed by atoms with Crippen molar-refractivity contribution in [1.82, 2.24) is 19.3 Å². The number of unbranched alkanes of at least 4 members (excludes halogenated alkanes) is 1. The monoisotopic (exact) mass is 542 g/mol. The van der Waals surface area contributed by atoms with Crippen molar-refractivity contribution >= 4 is 27.9 Å². The lowest BCUT2D eigenvalue weighted by atomic mass is 9.88. The normalized spacial score (nSPS) is 11.5. The van der Waals surface area contributed by atoms with Crippen molar-refractivity contribution in [2.75, 3.05) is 7.11 Å². The molecule has 4 aromatic carbocycles. The summed E-state index contributed by atoms with van der Waals surface area (Å²) in [5.41, 5.74) is 6.91. The van der Waals surface area contributed by atoms with Gasteiger partial charge in [-0.15, -0.1) is 0 Å². The Kier molecular flexibility index (Phi) is 7.63. The van der Waals surface area contributed by atoms with Gasteiger partial charge in [-0.2, -0.15) is 5.10 Å². The number of ether oxygens (including phenoxy) is 1. The zero-order valence-corrected chi connectivity index (χ0v) is 23.5. The van der Waals surface area contributed by atoms with Crippen LogP contribution in [-0.4, -0.2) is 32.4 Å². The summed E-state index contributed by atoms with van der Waals surface area (Å²) in [6.07, 6.45) is 5.20. The molecule has 0 aliphatic rings. The zero-order valence-electron chi connectivity index (χ0n) is 23.5. The highest BCUT2D eigenvalue weighted by atomic mass is 16.5. The molecule has 0 N–H and O–H groups in total. The van der Waals surface area contributed by atoms with Crippen molar-refractivity contribution in [3.05, 3.63) is 120 Å². The van der Waals surface area contributed by atoms with Gasteiger partial charge in [-0.3, -0.25) is 4.68 Å². The molecule has 0 bridgehead atoms. The standard InChI is InChI=1S/C35H34N4O2/c1-3-4-20-39-33-18-17-28(35(40)41-2)23-32(33)36-34(39)27-15-16-29-24-38(37-31(29)22-27)21-19-30(25-11-7-5-8-12-25)26-13-9-6-10-14-26/h5-18,22-24,30H,3-4,19-21H2,1-2H3. The summed E-state index contributed by atoms with van der Waals surface area (Å²) in [6, 6.07) is 33.4. The summed E-state index contributed by atoms with van der Waals surface area (Å²) in [6.45, 7) is 3.85. The van der Waals surface area contributed by atoms with Gasteiger partial charge >= 0.3 is 5.97 Å². The van der Waals surface area contributed by atoms with Gasteiger partial charge in [-0.05, 0) is 48.2 Å². The van der Waals surface area contributed by atoms with Gasteiger partial charge in [0.1, 0.15) is 5.82 Å². The van der Waals surface area contributed by atoms with Gasteiger partial charge in [0.25, 0.3) is 0 Å². The molecule has 2 heterocycles. The van der Waals surface area contributed by atoms with E-state index in [1.54, 1.807) is 0 Å². The minimum absolute atomic E-state index is 0.300. The van der Waals surface area contributed by atoms with Crippen LogP contribution >= 0.6 is 0 Å². The second-order valence-electron chi connectivity index (χ2n) is 10.5. The number of aromatic nitrogens is 4. The quantitative estimate of drug-likeness (QED) is 0.165. The van der Waals surface area contributed by atoms with Crippen LogP contribution in [0.2, 0.25) is 0 Å². The van der Waals surface area contributed by atoms with Crippen LogP contribution in [0.5, 0.6) is 0 Å². The van der Waals surface area contributed by atoms with Crippen LogP contribution in [0.25, 0.3) is 33.3 Å². The fraction of sp³-hybridized carbons (Fsp3) is 0.229. The predicted octanol–water partition coefficient (Wildman–Crippen LogP) is 7.86. The SMILES string of the molecule is CCCCn1c(-c2ccc3cn(CCC(c4ccccc4)c4ccccc4)nc3c2)nc2cc(C(=O)OC)ccc21. The number of hydrogen-bond donors (Lipinski definition) is 0. The molecular formula is C35H34N4O2. The average Bonchev–Trinajstić information content (AvgIpc) is 3.60. The lowest BCUT2D eigenvalue weighted by Gasteiger charge is -2.18. The van der Waals surface area contributed by atoms with Gasteiger partial charge in [0, 0.05) is 36.2 Å². The number of carbonyl (C=O) groups excluding carboxylic acids is 1. The van der Waals surface area contributed by atoms with Crippen molar-refractivity contribution in [3.63, 3.8) is 0 Å². The number of imidazole rings is 1. The number of benzene rings is 4. The molecule has 0 saturated carbocycles. The molecule has 6 rings (SSSR count). The van der Waals surface area contributed by atoms with Crippen LogP contribution in [0, 0.1) is 0 Å². The number of esters is 1. The van der Waals surface area contributed by atoms with E-state index in [1.807, 2.05) is 18.2 Å². The maximum atomic E-state index is 12.1. The van der Waals surface area contributed by atoms with E-state index in [1.165, 1.54) is 18.2 Å². The van der Waals surface area contributed by atoms with Crippen LogP contribution in [-0.2, 0) is 17.8 Å². The Bertz CT molecular complexity index is 1750. The van der Waals surface area contributed by atoms with Crippen LogP contribution in [0.4, 0.5) is 0 Å². The van der Waals surface area contributed by atoms with Crippen LogP contribution in [0.3, 0.4) is 0 Å². The fourth-order valence-corrected chi connectivity index (χ4v) is 5.62. The van der Waals surface area contributed by atoms with Gasteiger partial charge in [0.2, 0.25) is 0 Å². The number of rotatable bonds is 10. The van der Waals surface area contributed by atoms with Gasteiger partial charge in [-0.25, -0.2) is 9.78 Å². The summed E-state index contributed by atoms with van der Waals surface area (Å²) in [5, 5.41) is 6.08. The van der Waals surface area contributed by atoms with E-state index in [9.17, 15) is 4.79 Å². The van der Waals surface area contributed by atoms with Crippen molar-refractivity contribution in [2.45, 2.75) is 45.2 Å². The summed E-state index contributed by atoms with van der Waals surface area (Å²) in [5.74, 6) is 0.832. The maximum absolute atomic E-state index is 12.1. The third kappa shape index (κ3) is 5.50. The number of carbonyl (C=O) groups is 1. The summed E-state index contributed by atoms with van der Waals surface area (Å²) in [4.78, 5) is 17.1. The molecule has 41 heavy (non-hydrogen) atoms. The fourth-order valence-electron chi connectivity index (χ4n) is 5.62. The lowest BCUT2D eigenvalue weighted by Crippen LogP contribution is -2.07. The van der Waals surface area contributed by atoms with Crippen LogP contribution in [0.15, 0.2) is 103 Å². The molecule has 206 valence electrons. The van der Waals surface area contributed by atoms with Gasteiger partial charge in [-0.1, -0.05) is 86.1 Å². The highest BCUT2D eigenvalue weighted by Crippen LogP contribution is 2.31. The highest BCUT2D eigenvalue weighted by Gasteiger charge is 2.17. The van der Waals surface area contributed by atoms with E-state index in [4.69, 9.17) is 14.8 Å². The Balaban J connectivity index is 1.31. The first-order chi connectivity index (χ1) is 20.1. The van der Waals surface area contributed by atoms with E-state index < -0.39 is 0 Å². The summed E-state index contributed by atoms with van der Waals surface area (Å²) in [7, 11) is 1.40. The minimum atomic E-state index is -0.356. The van der Waals surface area contributed by atoms with Crippen molar-refractivity contribution < 1.29 is 9.53 Å². The second-order valence-corrected chi connectivity index (χ2v) is 10.5. The topological polar surface area (TPSA) is 61.9 Å². The average molecular weight is 543 g/mol. The molecule has 2 aromatic heterocycles. The van der Waals surface area contributed by atoms with Crippen molar-refractivity contribution in [2.24, 2.45) is 0 Å². The number of hydrogen-bond acceptors (Lipinski definition) is 4. The number of nitrogens with zero attached hydrogens (tertiary/aromatic N) is 4. The predicted molar refractivity (Wildman–Crippen MR) is 164 cm³/mol. The second kappa shape index (κ2) is 11.8. The van der Waals surface area contributed by atoms with E-state index in [2.05, 4.69) is 101 Å². The van der Waals surface area contributed by atoms with Crippen LogP contribution < -0.4 is 0 Å². The Labute approximate surface area is 240 Å². The Morgan fingerprint density at radius 3 is 2.27 bits per heavy atom. The minimum Gasteiger partial charge on any atom is -0.465 e. The molecule has 6 heteroatoms. The van der Waals surface area contributed by atoms with E-state index in [-0.39, 0.29) is 5.97 Å². The molecule has 0 amide bonds. The van der Waals surface area contributed by atoms with Crippen molar-refractivity contribution in [1.29, 1.82) is 0 Å². The van der Waals surface area contributed by atoms with E-state index in [0.717, 1.165) is 65.7 Å². The van der Waals surface area contributed by atoms with Gasteiger partial charge in [0.15, 0.2) is 0 Å². The van der Waals surface area contributed by atoms with Crippen molar-refractivity contribution in [3.8, 4) is 11.4 Å². The lowest BCUT2D eigenvalue weighted by molar-refractivity contribution is 0.0601. The van der Waals surface area contributed by atoms with E-state index >= 15 is 0 Å². The van der Waals surface area contributed by atoms with Crippen LogP contribution in [0.1, 0.15) is 53.6 Å². The molecule has 0 spiro atoms. The summed E-state index contributed by atoms with van der Waals surface area (Å²) < 4.78 is 9.24. The number of methoxy groups -OCH3 is 1. The number of fused-ring (bicyclic) bond motifs is 2. The molecule has 0 atom stereocenters. The molecule has 0 aliphatic carbocycles. The maximum Gasteiger partial charge on any atom is 0.337 e. The molecule has 6 aromatic rings. The Morgan fingerprint density at radius 1 is 0.854 bits per heavy atom. The summed E-state index contributed by atoms with van der Waals surface area (Å²) >= 11 is 0. The zero-order chi connectivity index (χ0) is 28.2. The largest absolute Gasteiger partial charge is 0.465 e. The molecule has 0 aliphatic heterocycles. The molecule has 0 unspecified atom stereocenters. The third-order valence-corrected chi connectivity index (χ3v) is 7.77. The molecular weight excluding hydrogens is 508 g/mol. The molecule has 0 saturated heterocycles. The molecule has 6 nitrogen and oxygen atoms in total. The first-order valence-corrected chi connectivity index (χ1v) is 14.3. The highest BCUT2D eigenvalue weighted by molar-refractivity contribution is 5.94. The van der Waals surface area contributed by atoms with Gasteiger partial charge in [0.05, 0.1) is 29.2 Å². The third-order valence-electron chi connectivity index (χ3n) is 7.77. The first-order valence-electron chi connectivity index (χ1n) is 14.3. The first kappa shape index (κ1) is 26.5.